The van der Waals surface area contributed by atoms with Crippen molar-refractivity contribution in [1.82, 2.24) is 10.6 Å². The molecule has 88 valence electrons. The number of rotatable bonds is 5. The molecule has 0 fully saturated rings. The zero-order valence-electron chi connectivity index (χ0n) is 9.09. The molecule has 0 aliphatic heterocycles. The van der Waals surface area contributed by atoms with E-state index >= 15 is 0 Å². The van der Waals surface area contributed by atoms with Gasteiger partial charge < -0.3 is 15.7 Å². The van der Waals surface area contributed by atoms with E-state index in [1.165, 1.54) is 6.07 Å². The van der Waals surface area contributed by atoms with E-state index in [0.29, 0.717) is 18.1 Å². The fraction of sp³-hybridized carbons (Fsp3) is 0.364. The zero-order chi connectivity index (χ0) is 12.0. The molecule has 0 unspecified atom stereocenters. The normalized spacial score (nSPS) is 10.1. The molecule has 0 bridgehead atoms. The van der Waals surface area contributed by atoms with Gasteiger partial charge in [0.1, 0.15) is 5.75 Å². The minimum Gasteiger partial charge on any atom is -0.506 e. The fourth-order valence-corrected chi connectivity index (χ4v) is 1.44. The second-order valence-corrected chi connectivity index (χ2v) is 3.75. The lowest BCUT2D eigenvalue weighted by molar-refractivity contribution is -0.120. The van der Waals surface area contributed by atoms with Gasteiger partial charge in [-0.1, -0.05) is 17.7 Å². The highest BCUT2D eigenvalue weighted by Gasteiger charge is 2.01. The van der Waals surface area contributed by atoms with Gasteiger partial charge in [0.25, 0.3) is 0 Å². The van der Waals surface area contributed by atoms with Gasteiger partial charge in [0.2, 0.25) is 5.91 Å². The molecule has 0 saturated heterocycles. The first kappa shape index (κ1) is 12.8. The number of hydrogen-bond donors (Lipinski definition) is 3. The average Bonchev–Trinajstić information content (AvgIpc) is 2.24. The summed E-state index contributed by atoms with van der Waals surface area (Å²) in [4.78, 5) is 11.1. The van der Waals surface area contributed by atoms with Gasteiger partial charge >= 0.3 is 0 Å². The average molecular weight is 243 g/mol. The summed E-state index contributed by atoms with van der Waals surface area (Å²) in [6.07, 6.45) is 0. The predicted octanol–water partition coefficient (Wildman–Crippen LogP) is 1.27. The molecule has 4 nitrogen and oxygen atoms in total. The van der Waals surface area contributed by atoms with Crippen LogP contribution in [-0.4, -0.2) is 24.1 Å². The number of phenols is 1. The van der Waals surface area contributed by atoms with Crippen molar-refractivity contribution in [1.29, 1.82) is 0 Å². The van der Waals surface area contributed by atoms with Crippen LogP contribution < -0.4 is 10.6 Å². The van der Waals surface area contributed by atoms with Crippen LogP contribution in [0.4, 0.5) is 0 Å². The highest BCUT2D eigenvalue weighted by molar-refractivity contribution is 6.32. The third kappa shape index (κ3) is 4.08. The highest BCUT2D eigenvalue weighted by atomic mass is 35.5. The zero-order valence-corrected chi connectivity index (χ0v) is 9.84. The molecule has 16 heavy (non-hydrogen) atoms. The van der Waals surface area contributed by atoms with E-state index in [1.807, 2.05) is 6.92 Å². The number of carbonyl (C=O) groups is 1. The van der Waals surface area contributed by atoms with Gasteiger partial charge in [-0.3, -0.25) is 4.79 Å². The number of benzene rings is 1. The van der Waals surface area contributed by atoms with Gasteiger partial charge in [-0.15, -0.1) is 0 Å². The van der Waals surface area contributed by atoms with E-state index in [4.69, 9.17) is 11.6 Å². The van der Waals surface area contributed by atoms with Gasteiger partial charge in [0.15, 0.2) is 0 Å². The predicted molar refractivity (Wildman–Crippen MR) is 63.5 cm³/mol. The van der Waals surface area contributed by atoms with Crippen LogP contribution in [0.15, 0.2) is 18.2 Å². The van der Waals surface area contributed by atoms with Crippen molar-refractivity contribution < 1.29 is 9.90 Å². The lowest BCUT2D eigenvalue weighted by atomic mass is 10.2. The molecule has 0 heterocycles. The van der Waals surface area contributed by atoms with Crippen LogP contribution in [0.5, 0.6) is 5.75 Å². The van der Waals surface area contributed by atoms with Crippen molar-refractivity contribution in [3.05, 3.63) is 28.8 Å². The van der Waals surface area contributed by atoms with E-state index in [2.05, 4.69) is 10.6 Å². The summed E-state index contributed by atoms with van der Waals surface area (Å²) in [5.41, 5.74) is 0.923. The maximum absolute atomic E-state index is 11.1. The SMILES string of the molecule is CCNC(=O)CNCc1ccc(O)c(Cl)c1. The molecule has 0 atom stereocenters. The quantitative estimate of drug-likeness (QED) is 0.729. The highest BCUT2D eigenvalue weighted by Crippen LogP contribution is 2.23. The topological polar surface area (TPSA) is 61.4 Å². The molecule has 1 rings (SSSR count). The van der Waals surface area contributed by atoms with Crippen molar-refractivity contribution in [3.8, 4) is 5.75 Å². The van der Waals surface area contributed by atoms with Crippen LogP contribution >= 0.6 is 11.6 Å². The minimum atomic E-state index is -0.0348. The Morgan fingerprint density at radius 2 is 2.25 bits per heavy atom. The second-order valence-electron chi connectivity index (χ2n) is 3.34. The molecular weight excluding hydrogens is 228 g/mol. The third-order valence-corrected chi connectivity index (χ3v) is 2.30. The Morgan fingerprint density at radius 3 is 2.88 bits per heavy atom. The number of phenolic OH excluding ortho intramolecular Hbond substituents is 1. The summed E-state index contributed by atoms with van der Waals surface area (Å²) in [5, 5.41) is 15.2. The minimum absolute atomic E-state index is 0.0348. The molecule has 0 radical (unpaired) electrons. The molecule has 0 aliphatic rings. The summed E-state index contributed by atoms with van der Waals surface area (Å²) in [6, 6.07) is 4.96. The fourth-order valence-electron chi connectivity index (χ4n) is 1.24. The van der Waals surface area contributed by atoms with Crippen molar-refractivity contribution >= 4 is 17.5 Å². The number of aromatic hydroxyl groups is 1. The molecule has 1 amide bonds. The van der Waals surface area contributed by atoms with Crippen LogP contribution in [0.1, 0.15) is 12.5 Å². The largest absolute Gasteiger partial charge is 0.506 e. The van der Waals surface area contributed by atoms with Gasteiger partial charge in [0, 0.05) is 13.1 Å². The summed E-state index contributed by atoms with van der Waals surface area (Å²) < 4.78 is 0. The molecular formula is C11H15ClN2O2. The summed E-state index contributed by atoms with van der Waals surface area (Å²) in [6.45, 7) is 3.31. The lowest BCUT2D eigenvalue weighted by Gasteiger charge is -2.06. The molecule has 0 aromatic heterocycles. The van der Waals surface area contributed by atoms with Gasteiger partial charge in [-0.05, 0) is 24.6 Å². The van der Waals surface area contributed by atoms with Crippen molar-refractivity contribution in [2.24, 2.45) is 0 Å². The molecule has 0 aliphatic carbocycles. The standard InChI is InChI=1S/C11H15ClN2O2/c1-2-14-11(16)7-13-6-8-3-4-10(15)9(12)5-8/h3-5,13,15H,2,6-7H2,1H3,(H,14,16). The first-order chi connectivity index (χ1) is 7.63. The van der Waals surface area contributed by atoms with Crippen molar-refractivity contribution in [3.63, 3.8) is 0 Å². The molecule has 1 aromatic carbocycles. The van der Waals surface area contributed by atoms with E-state index < -0.39 is 0 Å². The summed E-state index contributed by atoms with van der Waals surface area (Å²) in [5.74, 6) is 0.0292. The van der Waals surface area contributed by atoms with E-state index in [-0.39, 0.29) is 18.2 Å². The van der Waals surface area contributed by atoms with Gasteiger partial charge in [-0.25, -0.2) is 0 Å². The third-order valence-electron chi connectivity index (χ3n) is 2.00. The first-order valence-electron chi connectivity index (χ1n) is 5.08. The molecule has 0 saturated carbocycles. The molecule has 0 spiro atoms. The van der Waals surface area contributed by atoms with Crippen LogP contribution in [-0.2, 0) is 11.3 Å². The van der Waals surface area contributed by atoms with Crippen LogP contribution in [0.3, 0.4) is 0 Å². The Kier molecular flexibility index (Phi) is 5.08. The maximum Gasteiger partial charge on any atom is 0.233 e. The Morgan fingerprint density at radius 1 is 1.50 bits per heavy atom. The Hall–Kier alpha value is -1.26. The van der Waals surface area contributed by atoms with E-state index in [9.17, 15) is 9.90 Å². The lowest BCUT2D eigenvalue weighted by Crippen LogP contribution is -2.33. The number of nitrogens with one attached hydrogen (secondary N) is 2. The first-order valence-corrected chi connectivity index (χ1v) is 5.46. The second kappa shape index (κ2) is 6.35. The Labute approximate surface area is 99.6 Å². The van der Waals surface area contributed by atoms with E-state index in [1.54, 1.807) is 12.1 Å². The molecule has 3 N–H and O–H groups in total. The Balaban J connectivity index is 2.37. The smallest absolute Gasteiger partial charge is 0.233 e. The Bertz CT molecular complexity index is 369. The number of hydrogen-bond acceptors (Lipinski definition) is 3. The molecule has 1 aromatic rings. The number of likely N-dealkylation sites (N-methyl/N-ethyl adjacent to an activating group) is 1. The van der Waals surface area contributed by atoms with Crippen LogP contribution in [0.25, 0.3) is 0 Å². The van der Waals surface area contributed by atoms with Crippen LogP contribution in [0.2, 0.25) is 5.02 Å². The summed E-state index contributed by atoms with van der Waals surface area (Å²) >= 11 is 5.75. The number of halogens is 1. The van der Waals surface area contributed by atoms with Crippen LogP contribution in [0, 0.1) is 0 Å². The summed E-state index contributed by atoms with van der Waals surface area (Å²) in [7, 11) is 0. The number of amides is 1. The number of carbonyl (C=O) groups excluding carboxylic acids is 1. The van der Waals surface area contributed by atoms with Crippen molar-refractivity contribution in [2.45, 2.75) is 13.5 Å². The van der Waals surface area contributed by atoms with E-state index in [0.717, 1.165) is 5.56 Å². The van der Waals surface area contributed by atoms with Crippen molar-refractivity contribution in [2.75, 3.05) is 13.1 Å². The van der Waals surface area contributed by atoms with Gasteiger partial charge in [0.05, 0.1) is 11.6 Å². The monoisotopic (exact) mass is 242 g/mol. The van der Waals surface area contributed by atoms with Gasteiger partial charge in [-0.2, -0.15) is 0 Å². The molecule has 5 heteroatoms. The maximum atomic E-state index is 11.1.